The maximum atomic E-state index is 12.2. The summed E-state index contributed by atoms with van der Waals surface area (Å²) in [6.45, 7) is 4.54. The van der Waals surface area contributed by atoms with Crippen LogP contribution in [-0.2, 0) is 16.1 Å². The Morgan fingerprint density at radius 1 is 1.06 bits per heavy atom. The molecule has 2 unspecified atom stereocenters. The molecule has 0 saturated carbocycles. The lowest BCUT2D eigenvalue weighted by Crippen LogP contribution is -2.42. The molecule has 0 radical (unpaired) electrons. The number of rotatable bonds is 9. The molecular formula is C22H34N6O3. The van der Waals surface area contributed by atoms with Crippen molar-refractivity contribution in [3.63, 3.8) is 0 Å². The smallest absolute Gasteiger partial charge is 0.319 e. The van der Waals surface area contributed by atoms with Crippen LogP contribution >= 0.6 is 0 Å². The molecule has 1 aromatic rings. The van der Waals surface area contributed by atoms with E-state index in [0.717, 1.165) is 57.3 Å². The van der Waals surface area contributed by atoms with E-state index in [1.54, 1.807) is 0 Å². The normalized spacial score (nSPS) is 22.2. The maximum absolute atomic E-state index is 12.2. The van der Waals surface area contributed by atoms with Crippen LogP contribution in [0.4, 0.5) is 10.5 Å². The standard InChI is InChI=1S/C22H34N6O3/c23-20(29)17-6-2-10-27(15-17)11-4-9-25-22(31)26-18-7-1-5-16(13-18)14-28-12-3-8-19(28)21(24)30/h1,5,7,13,17,19H,2-4,6,8-12,14-15H2,(H2,23,29)(H2,24,30)(H2,25,26,31). The third kappa shape index (κ3) is 6.93. The number of hydrogen-bond donors (Lipinski definition) is 4. The van der Waals surface area contributed by atoms with E-state index < -0.39 is 0 Å². The van der Waals surface area contributed by atoms with Gasteiger partial charge in [0.15, 0.2) is 0 Å². The third-order valence-corrected chi connectivity index (χ3v) is 6.11. The van der Waals surface area contributed by atoms with E-state index in [9.17, 15) is 14.4 Å². The van der Waals surface area contributed by atoms with Gasteiger partial charge in [-0.25, -0.2) is 4.79 Å². The number of hydrogen-bond acceptors (Lipinski definition) is 5. The van der Waals surface area contributed by atoms with Crippen molar-refractivity contribution in [2.24, 2.45) is 17.4 Å². The molecule has 2 saturated heterocycles. The maximum Gasteiger partial charge on any atom is 0.319 e. The van der Waals surface area contributed by atoms with Crippen LogP contribution in [0, 0.1) is 5.92 Å². The number of carbonyl (C=O) groups excluding carboxylic acids is 3. The number of amides is 4. The second-order valence-corrected chi connectivity index (χ2v) is 8.51. The van der Waals surface area contributed by atoms with Gasteiger partial charge in [-0.3, -0.25) is 14.5 Å². The molecule has 2 aliphatic rings. The molecule has 2 heterocycles. The number of benzene rings is 1. The first-order valence-electron chi connectivity index (χ1n) is 11.1. The Labute approximate surface area is 183 Å². The zero-order valence-electron chi connectivity index (χ0n) is 18.0. The fourth-order valence-electron chi connectivity index (χ4n) is 4.49. The SMILES string of the molecule is NC(=O)C1CCCN(CCCNC(=O)Nc2cccc(CN3CCCC3C(N)=O)c2)C1. The molecule has 31 heavy (non-hydrogen) atoms. The summed E-state index contributed by atoms with van der Waals surface area (Å²) in [4.78, 5) is 39.5. The van der Waals surface area contributed by atoms with Crippen molar-refractivity contribution in [3.8, 4) is 0 Å². The number of nitrogens with zero attached hydrogens (tertiary/aromatic N) is 2. The van der Waals surface area contributed by atoms with E-state index in [-0.39, 0.29) is 29.8 Å². The molecule has 4 amide bonds. The minimum absolute atomic E-state index is 0.0592. The second kappa shape index (κ2) is 11.1. The van der Waals surface area contributed by atoms with Crippen LogP contribution in [0.5, 0.6) is 0 Å². The Morgan fingerprint density at radius 2 is 1.87 bits per heavy atom. The first-order valence-corrected chi connectivity index (χ1v) is 11.1. The Morgan fingerprint density at radius 3 is 2.65 bits per heavy atom. The van der Waals surface area contributed by atoms with Gasteiger partial charge >= 0.3 is 6.03 Å². The Bertz CT molecular complexity index is 786. The van der Waals surface area contributed by atoms with Crippen LogP contribution in [0.15, 0.2) is 24.3 Å². The van der Waals surface area contributed by atoms with E-state index in [1.165, 1.54) is 0 Å². The summed E-state index contributed by atoms with van der Waals surface area (Å²) in [6, 6.07) is 7.19. The summed E-state index contributed by atoms with van der Waals surface area (Å²) < 4.78 is 0. The summed E-state index contributed by atoms with van der Waals surface area (Å²) >= 11 is 0. The number of primary amides is 2. The van der Waals surface area contributed by atoms with Crippen LogP contribution < -0.4 is 22.1 Å². The minimum atomic E-state index is -0.277. The highest BCUT2D eigenvalue weighted by Gasteiger charge is 2.28. The van der Waals surface area contributed by atoms with Crippen molar-refractivity contribution in [1.82, 2.24) is 15.1 Å². The zero-order valence-corrected chi connectivity index (χ0v) is 18.0. The van der Waals surface area contributed by atoms with Crippen LogP contribution in [0.25, 0.3) is 0 Å². The number of carbonyl (C=O) groups is 3. The molecule has 1 aromatic carbocycles. The van der Waals surface area contributed by atoms with Gasteiger partial charge in [0, 0.05) is 25.3 Å². The van der Waals surface area contributed by atoms with Crippen molar-refractivity contribution in [1.29, 1.82) is 0 Å². The monoisotopic (exact) mass is 430 g/mol. The van der Waals surface area contributed by atoms with E-state index in [1.807, 2.05) is 24.3 Å². The predicted molar refractivity (Wildman–Crippen MR) is 119 cm³/mol. The molecule has 3 rings (SSSR count). The highest BCUT2D eigenvalue weighted by Crippen LogP contribution is 2.21. The summed E-state index contributed by atoms with van der Waals surface area (Å²) in [5.41, 5.74) is 12.7. The zero-order chi connectivity index (χ0) is 22.2. The molecular weight excluding hydrogens is 396 g/mol. The topological polar surface area (TPSA) is 134 Å². The predicted octanol–water partition coefficient (Wildman–Crippen LogP) is 0.845. The van der Waals surface area contributed by atoms with Crippen molar-refractivity contribution in [2.45, 2.75) is 44.7 Å². The molecule has 0 spiro atoms. The molecule has 2 atom stereocenters. The first kappa shape index (κ1) is 23.0. The summed E-state index contributed by atoms with van der Waals surface area (Å²) in [6.07, 6.45) is 4.43. The summed E-state index contributed by atoms with van der Waals surface area (Å²) in [7, 11) is 0. The van der Waals surface area contributed by atoms with Crippen molar-refractivity contribution >= 4 is 23.5 Å². The summed E-state index contributed by atoms with van der Waals surface area (Å²) in [5, 5.41) is 5.75. The minimum Gasteiger partial charge on any atom is -0.369 e. The van der Waals surface area contributed by atoms with Gasteiger partial charge in [-0.2, -0.15) is 0 Å². The van der Waals surface area contributed by atoms with Crippen molar-refractivity contribution in [2.75, 3.05) is 38.0 Å². The van der Waals surface area contributed by atoms with Gasteiger partial charge in [0.2, 0.25) is 11.8 Å². The molecule has 9 nitrogen and oxygen atoms in total. The number of urea groups is 1. The number of nitrogens with one attached hydrogen (secondary N) is 2. The molecule has 170 valence electrons. The summed E-state index contributed by atoms with van der Waals surface area (Å²) in [5.74, 6) is -0.559. The molecule has 6 N–H and O–H groups in total. The largest absolute Gasteiger partial charge is 0.369 e. The molecule has 2 aliphatic heterocycles. The van der Waals surface area contributed by atoms with Crippen LogP contribution in [0.2, 0.25) is 0 Å². The average molecular weight is 431 g/mol. The van der Waals surface area contributed by atoms with Gasteiger partial charge in [0.25, 0.3) is 0 Å². The van der Waals surface area contributed by atoms with Gasteiger partial charge < -0.3 is 27.0 Å². The lowest BCUT2D eigenvalue weighted by Gasteiger charge is -2.31. The third-order valence-electron chi connectivity index (χ3n) is 6.11. The van der Waals surface area contributed by atoms with E-state index in [2.05, 4.69) is 20.4 Å². The fraction of sp³-hybridized carbons (Fsp3) is 0.591. The highest BCUT2D eigenvalue weighted by molar-refractivity contribution is 5.89. The van der Waals surface area contributed by atoms with Crippen LogP contribution in [-0.4, -0.2) is 66.4 Å². The number of likely N-dealkylation sites (tertiary alicyclic amines) is 2. The molecule has 0 bridgehead atoms. The molecule has 0 aliphatic carbocycles. The molecule has 0 aromatic heterocycles. The fourth-order valence-corrected chi connectivity index (χ4v) is 4.49. The number of anilines is 1. The Hall–Kier alpha value is -2.65. The Balaban J connectivity index is 1.39. The highest BCUT2D eigenvalue weighted by atomic mass is 16.2. The lowest BCUT2D eigenvalue weighted by atomic mass is 9.97. The van der Waals surface area contributed by atoms with E-state index >= 15 is 0 Å². The van der Waals surface area contributed by atoms with Crippen LogP contribution in [0.3, 0.4) is 0 Å². The van der Waals surface area contributed by atoms with Crippen molar-refractivity contribution < 1.29 is 14.4 Å². The van der Waals surface area contributed by atoms with Gasteiger partial charge in [0.05, 0.1) is 12.0 Å². The van der Waals surface area contributed by atoms with Crippen molar-refractivity contribution in [3.05, 3.63) is 29.8 Å². The Kier molecular flexibility index (Phi) is 8.25. The van der Waals surface area contributed by atoms with E-state index in [4.69, 9.17) is 11.5 Å². The molecule has 2 fully saturated rings. The quantitative estimate of drug-likeness (QED) is 0.431. The van der Waals surface area contributed by atoms with Gasteiger partial charge in [-0.1, -0.05) is 12.1 Å². The number of piperidine rings is 1. The second-order valence-electron chi connectivity index (χ2n) is 8.51. The van der Waals surface area contributed by atoms with Gasteiger partial charge in [-0.05, 0) is 69.4 Å². The number of nitrogens with two attached hydrogens (primary N) is 2. The average Bonchev–Trinajstić information content (AvgIpc) is 3.20. The van der Waals surface area contributed by atoms with Gasteiger partial charge in [0.1, 0.15) is 0 Å². The molecule has 9 heteroatoms. The first-order chi connectivity index (χ1) is 14.9. The lowest BCUT2D eigenvalue weighted by molar-refractivity contribution is -0.123. The van der Waals surface area contributed by atoms with Gasteiger partial charge in [-0.15, -0.1) is 0 Å². The van der Waals surface area contributed by atoms with Crippen LogP contribution in [0.1, 0.15) is 37.7 Å². The van der Waals surface area contributed by atoms with E-state index in [0.29, 0.717) is 25.3 Å².